The smallest absolute Gasteiger partial charge is 0.385 e. The number of ketones is 2. The lowest BCUT2D eigenvalue weighted by atomic mass is 9.87. The van der Waals surface area contributed by atoms with Gasteiger partial charge in [-0.2, -0.15) is 0 Å². The number of ether oxygens (including phenoxy) is 1. The van der Waals surface area contributed by atoms with Crippen molar-refractivity contribution in [3.05, 3.63) is 117 Å². The maximum Gasteiger partial charge on any atom is 0.385 e. The lowest BCUT2D eigenvalue weighted by Crippen LogP contribution is -2.12. The van der Waals surface area contributed by atoms with Crippen LogP contribution in [0.25, 0.3) is 6.08 Å². The molecule has 0 bridgehead atoms. The minimum Gasteiger partial charge on any atom is -0.420 e. The molecule has 0 N–H and O–H groups in total. The fourth-order valence-electron chi connectivity index (χ4n) is 4.28. The predicted molar refractivity (Wildman–Crippen MR) is 189 cm³/mol. The number of hydrogen-bond donors (Lipinski definition) is 0. The largest absolute Gasteiger partial charge is 0.420 e. The summed E-state index contributed by atoms with van der Waals surface area (Å²) in [5.74, 6) is -0.449. The number of nitrogens with zero attached hydrogens (tertiary/aromatic N) is 2. The van der Waals surface area contributed by atoms with E-state index in [1.54, 1.807) is 24.3 Å². The maximum atomic E-state index is 14.2. The Morgan fingerprint density at radius 3 is 1.78 bits per heavy atom. The van der Waals surface area contributed by atoms with E-state index < -0.39 is 27.5 Å². The average molecular weight is 701 g/mol. The van der Waals surface area contributed by atoms with E-state index in [2.05, 4.69) is 0 Å². The van der Waals surface area contributed by atoms with Crippen molar-refractivity contribution < 1.29 is 29.0 Å². The molecule has 1 aliphatic rings. The molecule has 1 saturated heterocycles. The third kappa shape index (κ3) is 9.47. The number of esters is 1. The van der Waals surface area contributed by atoms with Gasteiger partial charge in [0.1, 0.15) is 5.76 Å². The molecule has 2 aromatic carbocycles. The fourth-order valence-corrected chi connectivity index (χ4v) is 8.85. The minimum absolute atomic E-state index is 0.0299. The Hall–Kier alpha value is -3.59. The highest BCUT2D eigenvalue weighted by Crippen LogP contribution is 2.43. The quantitative estimate of drug-likeness (QED) is 0.0545. The number of Topliss-reactive ketones (excluding diaryl/α,β-unsaturated/α-hetero) is 1. The van der Waals surface area contributed by atoms with Crippen LogP contribution < -0.4 is 0 Å². The Kier molecular flexibility index (Phi) is 14.4. The van der Waals surface area contributed by atoms with Gasteiger partial charge in [0.2, 0.25) is 0 Å². The Morgan fingerprint density at radius 1 is 0.804 bits per heavy atom. The SMILES string of the molecule is CCSC(SCC)=C1C(=O)C(=O)O/C1=C\C(C(C(=O)/C=C/c1ccc([N+](=O)[O-])cc1)=C(SCC)SCC)c1ccc([N+](=O)[O-])cc1. The van der Waals surface area contributed by atoms with Crippen LogP contribution in [-0.2, 0) is 19.1 Å². The molecule has 0 radical (unpaired) electrons. The number of hydrogen-bond acceptors (Lipinski definition) is 12. The van der Waals surface area contributed by atoms with Crippen LogP contribution in [0.2, 0.25) is 0 Å². The van der Waals surface area contributed by atoms with E-state index in [1.807, 2.05) is 27.7 Å². The lowest BCUT2D eigenvalue weighted by molar-refractivity contribution is -0.385. The molecule has 0 spiro atoms. The lowest BCUT2D eigenvalue weighted by Gasteiger charge is -2.21. The van der Waals surface area contributed by atoms with Gasteiger partial charge >= 0.3 is 5.97 Å². The van der Waals surface area contributed by atoms with Crippen LogP contribution in [0.4, 0.5) is 11.4 Å². The summed E-state index contributed by atoms with van der Waals surface area (Å²) in [6, 6.07) is 11.5. The van der Waals surface area contributed by atoms with Crippen molar-refractivity contribution >= 4 is 82.0 Å². The molecule has 1 heterocycles. The summed E-state index contributed by atoms with van der Waals surface area (Å²) >= 11 is 5.75. The highest BCUT2D eigenvalue weighted by Gasteiger charge is 2.38. The number of allylic oxidation sites excluding steroid dienone is 4. The number of cyclic esters (lactones) is 1. The number of nitro groups is 2. The average Bonchev–Trinajstić information content (AvgIpc) is 3.31. The van der Waals surface area contributed by atoms with Crippen molar-refractivity contribution in [1.29, 1.82) is 0 Å². The van der Waals surface area contributed by atoms with Gasteiger partial charge in [-0.25, -0.2) is 4.79 Å². The van der Waals surface area contributed by atoms with E-state index in [-0.39, 0.29) is 28.5 Å². The van der Waals surface area contributed by atoms with E-state index in [0.717, 1.165) is 0 Å². The second kappa shape index (κ2) is 17.9. The highest BCUT2D eigenvalue weighted by molar-refractivity contribution is 8.22. The van der Waals surface area contributed by atoms with Gasteiger partial charge in [-0.15, -0.1) is 47.0 Å². The van der Waals surface area contributed by atoms with Gasteiger partial charge in [-0.05, 0) is 58.4 Å². The summed E-state index contributed by atoms with van der Waals surface area (Å²) in [5, 5.41) is 22.5. The molecule has 0 amide bonds. The van der Waals surface area contributed by atoms with E-state index in [0.29, 0.717) is 48.2 Å². The van der Waals surface area contributed by atoms with Crippen molar-refractivity contribution in [2.24, 2.45) is 0 Å². The van der Waals surface area contributed by atoms with Crippen LogP contribution in [0, 0.1) is 20.2 Å². The Morgan fingerprint density at radius 2 is 1.30 bits per heavy atom. The number of benzene rings is 2. The summed E-state index contributed by atoms with van der Waals surface area (Å²) in [6.07, 6.45) is 4.49. The maximum absolute atomic E-state index is 14.2. The number of carbonyl (C=O) groups excluding carboxylic acids is 3. The van der Waals surface area contributed by atoms with E-state index in [4.69, 9.17) is 4.74 Å². The Bertz CT molecular complexity index is 1600. The van der Waals surface area contributed by atoms with E-state index >= 15 is 0 Å². The molecule has 242 valence electrons. The molecule has 0 aromatic heterocycles. The van der Waals surface area contributed by atoms with Crippen LogP contribution in [0.1, 0.15) is 44.7 Å². The van der Waals surface area contributed by atoms with Gasteiger partial charge in [0.25, 0.3) is 17.2 Å². The zero-order valence-electron chi connectivity index (χ0n) is 25.6. The van der Waals surface area contributed by atoms with Crippen LogP contribution in [0.15, 0.2) is 86.1 Å². The number of thioether (sulfide) groups is 4. The molecule has 2 aromatic rings. The standard InChI is InChI=1S/C32H32N2O8S4/c1-5-43-31(44-6-2)27(25(35)18-11-20-9-14-22(15-10-20)33(38)39)24(21-12-16-23(17-13-21)34(40)41)19-26-28(29(36)30(37)42-26)32(45-7-3)46-8-4/h9-19,24H,5-8H2,1-4H3/b18-11+,26-19-. The molecule has 3 rings (SSSR count). The Labute approximate surface area is 283 Å². The van der Waals surface area contributed by atoms with E-state index in [1.165, 1.54) is 89.5 Å². The first kappa shape index (κ1) is 36.9. The van der Waals surface area contributed by atoms with Crippen LogP contribution in [0.3, 0.4) is 0 Å². The van der Waals surface area contributed by atoms with E-state index in [9.17, 15) is 34.6 Å². The third-order valence-electron chi connectivity index (χ3n) is 6.28. The van der Waals surface area contributed by atoms with Gasteiger partial charge in [0, 0.05) is 40.0 Å². The number of nitro benzene ring substituents is 2. The van der Waals surface area contributed by atoms with Crippen molar-refractivity contribution in [2.75, 3.05) is 23.0 Å². The van der Waals surface area contributed by atoms with Gasteiger partial charge < -0.3 is 4.74 Å². The normalized spacial score (nSPS) is 14.4. The zero-order valence-corrected chi connectivity index (χ0v) is 28.8. The second-order valence-corrected chi connectivity index (χ2v) is 14.8. The molecule has 14 heteroatoms. The third-order valence-corrected chi connectivity index (χ3v) is 10.7. The number of rotatable bonds is 16. The van der Waals surface area contributed by atoms with Crippen LogP contribution in [0.5, 0.6) is 0 Å². The summed E-state index contributed by atoms with van der Waals surface area (Å²) < 4.78 is 6.86. The molecule has 1 unspecified atom stereocenters. The second-order valence-electron chi connectivity index (χ2n) is 9.22. The monoisotopic (exact) mass is 700 g/mol. The first-order valence-electron chi connectivity index (χ1n) is 14.3. The summed E-state index contributed by atoms with van der Waals surface area (Å²) in [5.41, 5.74) is 1.33. The number of non-ortho nitro benzene ring substituents is 2. The molecule has 0 saturated carbocycles. The summed E-state index contributed by atoms with van der Waals surface area (Å²) in [7, 11) is 0. The summed E-state index contributed by atoms with van der Waals surface area (Å²) in [4.78, 5) is 61.4. The highest BCUT2D eigenvalue weighted by atomic mass is 32.2. The van der Waals surface area contributed by atoms with Crippen molar-refractivity contribution in [2.45, 2.75) is 33.6 Å². The zero-order chi connectivity index (χ0) is 33.8. The molecule has 1 fully saturated rings. The van der Waals surface area contributed by atoms with Gasteiger partial charge in [0.15, 0.2) is 5.78 Å². The van der Waals surface area contributed by atoms with Crippen LogP contribution in [-0.4, -0.2) is 50.4 Å². The fraction of sp³-hybridized carbons (Fsp3) is 0.281. The molecule has 46 heavy (non-hydrogen) atoms. The molecule has 1 atom stereocenters. The minimum atomic E-state index is -1.02. The molecule has 10 nitrogen and oxygen atoms in total. The molecule has 1 aliphatic heterocycles. The summed E-state index contributed by atoms with van der Waals surface area (Å²) in [6.45, 7) is 7.76. The first-order chi connectivity index (χ1) is 22.1. The topological polar surface area (TPSA) is 147 Å². The molecular weight excluding hydrogens is 669 g/mol. The van der Waals surface area contributed by atoms with Gasteiger partial charge in [-0.1, -0.05) is 45.9 Å². The van der Waals surface area contributed by atoms with Gasteiger partial charge in [0.05, 0.1) is 19.7 Å². The Balaban J connectivity index is 2.31. The van der Waals surface area contributed by atoms with Gasteiger partial charge in [-0.3, -0.25) is 29.8 Å². The van der Waals surface area contributed by atoms with Crippen molar-refractivity contribution in [1.82, 2.24) is 0 Å². The van der Waals surface area contributed by atoms with Crippen LogP contribution >= 0.6 is 47.0 Å². The predicted octanol–water partition coefficient (Wildman–Crippen LogP) is 8.31. The van der Waals surface area contributed by atoms with Crippen molar-refractivity contribution in [3.63, 3.8) is 0 Å². The molecule has 0 aliphatic carbocycles. The van der Waals surface area contributed by atoms with Crippen molar-refractivity contribution in [3.8, 4) is 0 Å². The molecular formula is C32H32N2O8S4. The number of carbonyl (C=O) groups is 3. The first-order valence-corrected chi connectivity index (χ1v) is 18.2.